The Morgan fingerprint density at radius 2 is 1.83 bits per heavy atom. The lowest BCUT2D eigenvalue weighted by atomic mass is 10.0. The van der Waals surface area contributed by atoms with Crippen LogP contribution in [0.4, 0.5) is 4.79 Å². The summed E-state index contributed by atoms with van der Waals surface area (Å²) < 4.78 is 6.88. The number of aryl methyl sites for hydroxylation is 1. The Kier molecular flexibility index (Phi) is 4.50. The first-order valence-corrected chi connectivity index (χ1v) is 10.0. The Balaban J connectivity index is 1.51. The van der Waals surface area contributed by atoms with Crippen molar-refractivity contribution >= 4 is 12.0 Å². The molecular formula is C23H22N4O3. The number of cyclic esters (lactones) is 1. The van der Waals surface area contributed by atoms with Crippen LogP contribution in [0.15, 0.2) is 60.8 Å². The van der Waals surface area contributed by atoms with E-state index in [0.717, 1.165) is 16.8 Å². The van der Waals surface area contributed by atoms with Gasteiger partial charge in [0.25, 0.3) is 5.91 Å². The maximum absolute atomic E-state index is 13.5. The van der Waals surface area contributed by atoms with Crippen LogP contribution in [-0.4, -0.2) is 63.9 Å². The molecule has 30 heavy (non-hydrogen) atoms. The van der Waals surface area contributed by atoms with Crippen LogP contribution in [-0.2, 0) is 4.74 Å². The molecule has 0 aliphatic carbocycles. The van der Waals surface area contributed by atoms with Crippen molar-refractivity contribution in [3.8, 4) is 16.9 Å². The molecule has 3 heterocycles. The van der Waals surface area contributed by atoms with Crippen molar-refractivity contribution in [1.82, 2.24) is 19.6 Å². The van der Waals surface area contributed by atoms with Crippen LogP contribution in [0, 0.1) is 6.92 Å². The molecule has 5 rings (SSSR count). The molecule has 0 N–H and O–H groups in total. The number of piperazine rings is 1. The molecule has 0 radical (unpaired) electrons. The number of benzene rings is 2. The zero-order valence-electron chi connectivity index (χ0n) is 16.7. The number of amides is 2. The molecular weight excluding hydrogens is 380 g/mol. The monoisotopic (exact) mass is 402 g/mol. The van der Waals surface area contributed by atoms with Gasteiger partial charge in [-0.3, -0.25) is 9.69 Å². The standard InChI is InChI=1S/C23H22N4O3/c1-16-7-9-17(10-8-16)21-20(14-27(24-21)18-5-3-2-4-6-18)22(28)25-11-12-26-19(13-25)15-30-23(26)29/h2-10,14,19H,11-13,15H2,1H3. The molecule has 0 saturated carbocycles. The van der Waals surface area contributed by atoms with Gasteiger partial charge in [0.15, 0.2) is 0 Å². The summed E-state index contributed by atoms with van der Waals surface area (Å²) in [4.78, 5) is 28.8. The van der Waals surface area contributed by atoms with Gasteiger partial charge in [-0.2, -0.15) is 5.10 Å². The van der Waals surface area contributed by atoms with Crippen LogP contribution >= 0.6 is 0 Å². The van der Waals surface area contributed by atoms with Gasteiger partial charge in [0.05, 0.1) is 17.3 Å². The number of hydrogen-bond donors (Lipinski definition) is 0. The molecule has 3 aromatic rings. The maximum Gasteiger partial charge on any atom is 0.410 e. The normalized spacial score (nSPS) is 18.3. The average Bonchev–Trinajstić information content (AvgIpc) is 3.38. The van der Waals surface area contributed by atoms with E-state index < -0.39 is 0 Å². The van der Waals surface area contributed by atoms with Gasteiger partial charge in [-0.1, -0.05) is 48.0 Å². The van der Waals surface area contributed by atoms with E-state index in [1.54, 1.807) is 20.7 Å². The van der Waals surface area contributed by atoms with Gasteiger partial charge in [0, 0.05) is 31.4 Å². The smallest absolute Gasteiger partial charge is 0.410 e. The van der Waals surface area contributed by atoms with Crippen molar-refractivity contribution in [3.63, 3.8) is 0 Å². The fourth-order valence-electron chi connectivity index (χ4n) is 4.01. The van der Waals surface area contributed by atoms with Crippen molar-refractivity contribution in [1.29, 1.82) is 0 Å². The maximum atomic E-state index is 13.5. The van der Waals surface area contributed by atoms with E-state index in [0.29, 0.717) is 37.5 Å². The first-order chi connectivity index (χ1) is 14.6. The lowest BCUT2D eigenvalue weighted by Gasteiger charge is -2.35. The Hall–Kier alpha value is -3.61. The molecule has 2 aliphatic rings. The highest BCUT2D eigenvalue weighted by molar-refractivity contribution is 6.00. The van der Waals surface area contributed by atoms with Crippen LogP contribution in [0.2, 0.25) is 0 Å². The van der Waals surface area contributed by atoms with Crippen molar-refractivity contribution in [2.75, 3.05) is 26.2 Å². The highest BCUT2D eigenvalue weighted by Crippen LogP contribution is 2.27. The van der Waals surface area contributed by atoms with E-state index in [4.69, 9.17) is 9.84 Å². The second kappa shape index (κ2) is 7.33. The van der Waals surface area contributed by atoms with Gasteiger partial charge < -0.3 is 9.64 Å². The lowest BCUT2D eigenvalue weighted by Crippen LogP contribution is -2.53. The molecule has 2 aromatic carbocycles. The minimum atomic E-state index is -0.288. The fourth-order valence-corrected chi connectivity index (χ4v) is 4.01. The van der Waals surface area contributed by atoms with Gasteiger partial charge in [-0.25, -0.2) is 9.48 Å². The number of para-hydroxylation sites is 1. The summed E-state index contributed by atoms with van der Waals surface area (Å²) >= 11 is 0. The van der Waals surface area contributed by atoms with Gasteiger partial charge in [0.2, 0.25) is 0 Å². The highest BCUT2D eigenvalue weighted by Gasteiger charge is 2.39. The summed E-state index contributed by atoms with van der Waals surface area (Å²) in [5.41, 5.74) is 4.16. The van der Waals surface area contributed by atoms with E-state index in [1.807, 2.05) is 61.5 Å². The number of carbonyl (C=O) groups is 2. The largest absolute Gasteiger partial charge is 0.447 e. The molecule has 152 valence electrons. The van der Waals surface area contributed by atoms with E-state index in [-0.39, 0.29) is 18.0 Å². The third-order valence-corrected chi connectivity index (χ3v) is 5.69. The topological polar surface area (TPSA) is 67.7 Å². The van der Waals surface area contributed by atoms with Gasteiger partial charge in [-0.15, -0.1) is 0 Å². The summed E-state index contributed by atoms with van der Waals surface area (Å²) in [5.74, 6) is -0.0771. The molecule has 1 atom stereocenters. The minimum Gasteiger partial charge on any atom is -0.447 e. The summed E-state index contributed by atoms with van der Waals surface area (Å²) in [6.45, 7) is 3.80. The number of ether oxygens (including phenoxy) is 1. The summed E-state index contributed by atoms with van der Waals surface area (Å²) in [5, 5.41) is 4.75. The number of fused-ring (bicyclic) bond motifs is 1. The third-order valence-electron chi connectivity index (χ3n) is 5.69. The van der Waals surface area contributed by atoms with E-state index in [9.17, 15) is 9.59 Å². The molecule has 2 saturated heterocycles. The quantitative estimate of drug-likeness (QED) is 0.675. The predicted octanol–water partition coefficient (Wildman–Crippen LogP) is 3.12. The summed E-state index contributed by atoms with van der Waals surface area (Å²) in [6, 6.07) is 17.7. The fraction of sp³-hybridized carbons (Fsp3) is 0.261. The zero-order valence-corrected chi connectivity index (χ0v) is 16.7. The minimum absolute atomic E-state index is 0.0771. The van der Waals surface area contributed by atoms with Crippen LogP contribution in [0.3, 0.4) is 0 Å². The van der Waals surface area contributed by atoms with Crippen molar-refractivity contribution < 1.29 is 14.3 Å². The van der Waals surface area contributed by atoms with E-state index in [1.165, 1.54) is 0 Å². The second-order valence-electron chi connectivity index (χ2n) is 7.71. The molecule has 0 spiro atoms. The Bertz CT molecular complexity index is 1090. The molecule has 1 unspecified atom stereocenters. The highest BCUT2D eigenvalue weighted by atomic mass is 16.6. The summed E-state index contributed by atoms with van der Waals surface area (Å²) in [6.07, 6.45) is 1.51. The molecule has 2 fully saturated rings. The van der Waals surface area contributed by atoms with Crippen LogP contribution in [0.1, 0.15) is 15.9 Å². The zero-order chi connectivity index (χ0) is 20.7. The Morgan fingerprint density at radius 1 is 1.07 bits per heavy atom. The number of carbonyl (C=O) groups excluding carboxylic acids is 2. The molecule has 2 aliphatic heterocycles. The predicted molar refractivity (Wildman–Crippen MR) is 111 cm³/mol. The lowest BCUT2D eigenvalue weighted by molar-refractivity contribution is 0.0617. The SMILES string of the molecule is Cc1ccc(-c2nn(-c3ccccc3)cc2C(=O)N2CCN3C(=O)OCC3C2)cc1. The molecule has 0 bridgehead atoms. The second-order valence-corrected chi connectivity index (χ2v) is 7.71. The number of aromatic nitrogens is 2. The van der Waals surface area contributed by atoms with E-state index >= 15 is 0 Å². The van der Waals surface area contributed by atoms with Gasteiger partial charge in [-0.05, 0) is 19.1 Å². The Morgan fingerprint density at radius 3 is 2.60 bits per heavy atom. The third kappa shape index (κ3) is 3.22. The number of rotatable bonds is 3. The van der Waals surface area contributed by atoms with Crippen molar-refractivity contribution in [2.45, 2.75) is 13.0 Å². The molecule has 7 nitrogen and oxygen atoms in total. The van der Waals surface area contributed by atoms with Crippen molar-refractivity contribution in [2.24, 2.45) is 0 Å². The molecule has 1 aromatic heterocycles. The van der Waals surface area contributed by atoms with Crippen LogP contribution in [0.25, 0.3) is 16.9 Å². The van der Waals surface area contributed by atoms with Crippen molar-refractivity contribution in [3.05, 3.63) is 71.9 Å². The van der Waals surface area contributed by atoms with Crippen LogP contribution in [0.5, 0.6) is 0 Å². The molecule has 7 heteroatoms. The van der Waals surface area contributed by atoms with Gasteiger partial charge in [0.1, 0.15) is 12.3 Å². The molecule has 2 amide bonds. The summed E-state index contributed by atoms with van der Waals surface area (Å²) in [7, 11) is 0. The number of nitrogens with zero attached hydrogens (tertiary/aromatic N) is 4. The number of hydrogen-bond acceptors (Lipinski definition) is 4. The van der Waals surface area contributed by atoms with Gasteiger partial charge >= 0.3 is 6.09 Å². The first kappa shape index (κ1) is 18.4. The first-order valence-electron chi connectivity index (χ1n) is 10.0. The van der Waals surface area contributed by atoms with E-state index in [2.05, 4.69) is 0 Å². The Labute approximate surface area is 174 Å². The average molecular weight is 402 g/mol. The van der Waals surface area contributed by atoms with Crippen LogP contribution < -0.4 is 0 Å².